The molecule has 2 aliphatic rings. The molecule has 4 rings (SSSR count). The number of amides is 3. The number of nitro groups is 1. The molecule has 11 heteroatoms. The zero-order chi connectivity index (χ0) is 22.8. The van der Waals surface area contributed by atoms with Gasteiger partial charge < -0.3 is 4.90 Å². The summed E-state index contributed by atoms with van der Waals surface area (Å²) in [4.78, 5) is 51.2. The second-order valence-electron chi connectivity index (χ2n) is 6.99. The summed E-state index contributed by atoms with van der Waals surface area (Å²) in [5.41, 5.74) is 1.32. The zero-order valence-electron chi connectivity index (χ0n) is 16.5. The van der Waals surface area contributed by atoms with Gasteiger partial charge >= 0.3 is 0 Å². The average molecular weight is 490 g/mol. The van der Waals surface area contributed by atoms with Crippen LogP contribution in [0.1, 0.15) is 16.5 Å². The van der Waals surface area contributed by atoms with Crippen molar-refractivity contribution in [3.8, 4) is 0 Å². The Morgan fingerprint density at radius 1 is 1.12 bits per heavy atom. The highest BCUT2D eigenvalue weighted by atomic mass is 35.5. The fourth-order valence-electron chi connectivity index (χ4n) is 3.37. The van der Waals surface area contributed by atoms with Gasteiger partial charge in [-0.05, 0) is 41.1 Å². The van der Waals surface area contributed by atoms with Gasteiger partial charge in [0.05, 0.1) is 15.6 Å². The summed E-state index contributed by atoms with van der Waals surface area (Å²) >= 11 is 8.08. The van der Waals surface area contributed by atoms with Gasteiger partial charge in [0.2, 0.25) is 5.91 Å². The summed E-state index contributed by atoms with van der Waals surface area (Å²) in [5, 5.41) is 10.8. The van der Waals surface area contributed by atoms with Crippen molar-refractivity contribution in [1.29, 1.82) is 0 Å². The largest absolute Gasteiger partial charge is 0.324 e. The van der Waals surface area contributed by atoms with Crippen molar-refractivity contribution in [2.75, 3.05) is 18.8 Å². The maximum absolute atomic E-state index is 12.8. The number of nitro benzene ring substituents is 1. The first kappa shape index (κ1) is 22.4. The summed E-state index contributed by atoms with van der Waals surface area (Å²) in [7, 11) is 0. The molecule has 2 saturated heterocycles. The normalized spacial score (nSPS) is 20.0. The molecule has 0 bridgehead atoms. The molecule has 0 unspecified atom stereocenters. The van der Waals surface area contributed by atoms with Crippen LogP contribution < -0.4 is 0 Å². The third-order valence-corrected chi connectivity index (χ3v) is 7.36. The quantitative estimate of drug-likeness (QED) is 0.333. The van der Waals surface area contributed by atoms with Crippen molar-refractivity contribution < 1.29 is 19.3 Å². The molecule has 2 fully saturated rings. The molecule has 0 N–H and O–H groups in total. The van der Waals surface area contributed by atoms with Crippen LogP contribution in [0.2, 0.25) is 5.02 Å². The summed E-state index contributed by atoms with van der Waals surface area (Å²) < 4.78 is 0. The van der Waals surface area contributed by atoms with E-state index in [2.05, 4.69) is 0 Å². The highest BCUT2D eigenvalue weighted by molar-refractivity contribution is 8.18. The van der Waals surface area contributed by atoms with E-state index in [0.717, 1.165) is 22.2 Å². The number of benzene rings is 2. The lowest BCUT2D eigenvalue weighted by Gasteiger charge is -2.25. The van der Waals surface area contributed by atoms with Crippen molar-refractivity contribution in [1.82, 2.24) is 9.80 Å². The number of thioether (sulfide) groups is 2. The Morgan fingerprint density at radius 2 is 1.88 bits per heavy atom. The molecule has 0 radical (unpaired) electrons. The van der Waals surface area contributed by atoms with E-state index in [0.29, 0.717) is 15.5 Å². The molecular weight excluding hydrogens is 474 g/mol. The molecule has 1 atom stereocenters. The van der Waals surface area contributed by atoms with E-state index in [-0.39, 0.29) is 30.4 Å². The Balaban J connectivity index is 1.47. The smallest absolute Gasteiger partial charge is 0.293 e. The third-order valence-electron chi connectivity index (χ3n) is 4.94. The van der Waals surface area contributed by atoms with Crippen LogP contribution in [0.25, 0.3) is 6.08 Å². The molecule has 3 amide bonds. The molecule has 2 aromatic rings. The number of carbonyl (C=O) groups excluding carboxylic acids is 3. The van der Waals surface area contributed by atoms with Crippen molar-refractivity contribution in [2.24, 2.45) is 0 Å². The first-order valence-corrected chi connectivity index (χ1v) is 11.7. The lowest BCUT2D eigenvalue weighted by Crippen LogP contribution is -2.39. The number of hydrogen-bond acceptors (Lipinski definition) is 7. The number of carbonyl (C=O) groups is 3. The predicted octanol–water partition coefficient (Wildman–Crippen LogP) is 4.56. The van der Waals surface area contributed by atoms with Gasteiger partial charge in [-0.1, -0.05) is 35.9 Å². The van der Waals surface area contributed by atoms with E-state index in [1.807, 2.05) is 0 Å². The van der Waals surface area contributed by atoms with E-state index in [1.165, 1.54) is 23.9 Å². The van der Waals surface area contributed by atoms with Gasteiger partial charge in [0, 0.05) is 30.2 Å². The Morgan fingerprint density at radius 3 is 2.59 bits per heavy atom. The first-order chi connectivity index (χ1) is 15.3. The fraction of sp³-hybridized carbons (Fsp3) is 0.190. The van der Waals surface area contributed by atoms with Gasteiger partial charge in [-0.15, -0.1) is 11.8 Å². The highest BCUT2D eigenvalue weighted by Crippen LogP contribution is 2.40. The first-order valence-electron chi connectivity index (χ1n) is 9.50. The Labute approximate surface area is 196 Å². The summed E-state index contributed by atoms with van der Waals surface area (Å²) in [6, 6.07) is 13.0. The molecule has 164 valence electrons. The summed E-state index contributed by atoms with van der Waals surface area (Å²) in [5.74, 6) is -0.331. The topological polar surface area (TPSA) is 101 Å². The fourth-order valence-corrected chi connectivity index (χ4v) is 5.57. The lowest BCUT2D eigenvalue weighted by molar-refractivity contribution is -0.384. The van der Waals surface area contributed by atoms with Crippen molar-refractivity contribution in [3.05, 3.63) is 79.7 Å². The third kappa shape index (κ3) is 4.67. The SMILES string of the molecule is O=C1S/C(=C/c2ccc(Cl)cc2)C(=O)N1CCN1C(=O)CS[C@H]1c1cccc([N+](=O)[O-])c1. The molecule has 2 aliphatic heterocycles. The monoisotopic (exact) mass is 489 g/mol. The van der Waals surface area contributed by atoms with E-state index in [4.69, 9.17) is 11.6 Å². The minimum Gasteiger partial charge on any atom is -0.324 e. The predicted molar refractivity (Wildman–Crippen MR) is 124 cm³/mol. The minimum absolute atomic E-state index is 0.0420. The maximum Gasteiger partial charge on any atom is 0.293 e. The Hall–Kier alpha value is -2.82. The van der Waals surface area contributed by atoms with Crippen molar-refractivity contribution in [3.63, 3.8) is 0 Å². The van der Waals surface area contributed by atoms with Crippen LogP contribution in [0, 0.1) is 10.1 Å². The van der Waals surface area contributed by atoms with Gasteiger partial charge in [0.15, 0.2) is 0 Å². The van der Waals surface area contributed by atoms with E-state index < -0.39 is 21.4 Å². The number of rotatable bonds is 6. The second-order valence-corrected chi connectivity index (χ2v) is 9.49. The number of nitrogens with zero attached hydrogens (tertiary/aromatic N) is 3. The van der Waals surface area contributed by atoms with Gasteiger partial charge in [-0.2, -0.15) is 0 Å². The van der Waals surface area contributed by atoms with Gasteiger partial charge in [-0.25, -0.2) is 0 Å². The van der Waals surface area contributed by atoms with Gasteiger partial charge in [-0.3, -0.25) is 29.4 Å². The van der Waals surface area contributed by atoms with Crippen LogP contribution in [-0.4, -0.2) is 50.6 Å². The van der Waals surface area contributed by atoms with E-state index in [1.54, 1.807) is 47.4 Å². The van der Waals surface area contributed by atoms with Crippen LogP contribution in [0.15, 0.2) is 53.4 Å². The second kappa shape index (κ2) is 9.35. The summed E-state index contributed by atoms with van der Waals surface area (Å²) in [6.07, 6.45) is 1.63. The lowest BCUT2D eigenvalue weighted by atomic mass is 10.2. The molecule has 32 heavy (non-hydrogen) atoms. The van der Waals surface area contributed by atoms with Crippen LogP contribution >= 0.6 is 35.1 Å². The zero-order valence-corrected chi connectivity index (χ0v) is 18.9. The number of non-ortho nitro benzene ring substituents is 1. The Kier molecular flexibility index (Phi) is 6.54. The molecular formula is C21H16ClN3O5S2. The van der Waals surface area contributed by atoms with E-state index >= 15 is 0 Å². The molecule has 8 nitrogen and oxygen atoms in total. The average Bonchev–Trinajstić information content (AvgIpc) is 3.27. The Bertz CT molecular complexity index is 1140. The standard InChI is InChI=1S/C21H16ClN3O5S2/c22-15-6-4-13(5-7-15)10-17-19(27)24(21(28)32-17)9-8-23-18(26)12-31-20(23)14-2-1-3-16(11-14)25(29)30/h1-7,10-11,20H,8-9,12H2/b17-10+/t20-/m0/s1. The molecule has 2 aromatic carbocycles. The minimum atomic E-state index is -0.484. The maximum atomic E-state index is 12.8. The number of imide groups is 1. The van der Waals surface area contributed by atoms with E-state index in [9.17, 15) is 24.5 Å². The van der Waals surface area contributed by atoms with Crippen LogP contribution in [0.4, 0.5) is 10.5 Å². The molecule has 0 aliphatic carbocycles. The molecule has 2 heterocycles. The number of hydrogen-bond donors (Lipinski definition) is 0. The molecule has 0 aromatic heterocycles. The molecule has 0 saturated carbocycles. The summed E-state index contributed by atoms with van der Waals surface area (Å²) in [6.45, 7) is 0.186. The molecule has 0 spiro atoms. The highest BCUT2D eigenvalue weighted by Gasteiger charge is 2.38. The van der Waals surface area contributed by atoms with Crippen molar-refractivity contribution >= 4 is 63.9 Å². The van der Waals surface area contributed by atoms with Gasteiger partial charge in [0.1, 0.15) is 5.37 Å². The van der Waals surface area contributed by atoms with Crippen molar-refractivity contribution in [2.45, 2.75) is 5.37 Å². The van der Waals surface area contributed by atoms with Crippen LogP contribution in [0.5, 0.6) is 0 Å². The van der Waals surface area contributed by atoms with Gasteiger partial charge in [0.25, 0.3) is 16.8 Å². The van der Waals surface area contributed by atoms with Crippen LogP contribution in [0.3, 0.4) is 0 Å². The number of halogens is 1. The van der Waals surface area contributed by atoms with Crippen LogP contribution in [-0.2, 0) is 9.59 Å².